The van der Waals surface area contributed by atoms with Gasteiger partial charge in [-0.1, -0.05) is 64.7 Å². The molecule has 0 saturated heterocycles. The van der Waals surface area contributed by atoms with Crippen molar-refractivity contribution in [2.75, 3.05) is 11.1 Å². The summed E-state index contributed by atoms with van der Waals surface area (Å²) >= 11 is 16.8. The largest absolute Gasteiger partial charge is 0.342 e. The maximum absolute atomic E-state index is 12.8. The summed E-state index contributed by atoms with van der Waals surface area (Å²) in [7, 11) is 1.82. The second-order valence-electron chi connectivity index (χ2n) is 8.48. The molecule has 35 heavy (non-hydrogen) atoms. The Morgan fingerprint density at radius 1 is 1.09 bits per heavy atom. The van der Waals surface area contributed by atoms with E-state index in [2.05, 4.69) is 36.8 Å². The average molecular weight is 599 g/mol. The molecular formula is C24H26BrCl2N5O2S. The molecule has 2 amide bonds. The van der Waals surface area contributed by atoms with E-state index in [0.717, 1.165) is 21.3 Å². The Balaban J connectivity index is 1.69. The summed E-state index contributed by atoms with van der Waals surface area (Å²) in [5.41, 5.74) is 3.17. The van der Waals surface area contributed by atoms with Gasteiger partial charge in [0.2, 0.25) is 5.91 Å². The minimum absolute atomic E-state index is 0.0362. The number of nitrogens with zero attached hydrogens (tertiary/aromatic N) is 3. The molecule has 1 atom stereocenters. The van der Waals surface area contributed by atoms with Crippen LogP contribution >= 0.6 is 50.9 Å². The molecule has 2 N–H and O–H groups in total. The summed E-state index contributed by atoms with van der Waals surface area (Å²) in [4.78, 5) is 25.5. The van der Waals surface area contributed by atoms with Crippen molar-refractivity contribution in [3.8, 4) is 0 Å². The minimum Gasteiger partial charge on any atom is -0.342 e. The van der Waals surface area contributed by atoms with Gasteiger partial charge in [0.15, 0.2) is 11.0 Å². The van der Waals surface area contributed by atoms with Crippen molar-refractivity contribution in [1.29, 1.82) is 0 Å². The van der Waals surface area contributed by atoms with E-state index in [1.165, 1.54) is 17.8 Å². The first-order valence-electron chi connectivity index (χ1n) is 10.8. The number of aryl methyl sites for hydroxylation is 2. The molecule has 0 spiro atoms. The zero-order valence-corrected chi connectivity index (χ0v) is 23.9. The molecule has 0 aliphatic rings. The summed E-state index contributed by atoms with van der Waals surface area (Å²) in [5, 5.41) is 15.8. The van der Waals surface area contributed by atoms with Crippen LogP contribution in [0.5, 0.6) is 0 Å². The first-order chi connectivity index (χ1) is 16.5. The van der Waals surface area contributed by atoms with Crippen molar-refractivity contribution < 1.29 is 9.59 Å². The van der Waals surface area contributed by atoms with Gasteiger partial charge in [0.05, 0.1) is 21.8 Å². The van der Waals surface area contributed by atoms with E-state index >= 15 is 0 Å². The van der Waals surface area contributed by atoms with Crippen molar-refractivity contribution in [1.82, 2.24) is 20.1 Å². The molecule has 3 aromatic rings. The van der Waals surface area contributed by atoms with Crippen molar-refractivity contribution in [3.63, 3.8) is 0 Å². The van der Waals surface area contributed by atoms with Crippen LogP contribution < -0.4 is 10.6 Å². The molecule has 11 heteroatoms. The number of rotatable bonds is 8. The SMILES string of the molecule is Cc1cc(Br)cc(C)c1NC(=O)CSc1nnc([C@@H](NC(=O)c2ccc(Cl)c(Cl)c2)C(C)C)n1C. The zero-order valence-electron chi connectivity index (χ0n) is 19.9. The number of halogens is 3. The maximum Gasteiger partial charge on any atom is 0.251 e. The molecular weight excluding hydrogens is 573 g/mol. The summed E-state index contributed by atoms with van der Waals surface area (Å²) in [6.45, 7) is 7.87. The number of thioether (sulfide) groups is 1. The molecule has 1 heterocycles. The first-order valence-corrected chi connectivity index (χ1v) is 13.4. The number of anilines is 1. The molecule has 0 unspecified atom stereocenters. The van der Waals surface area contributed by atoms with Crippen molar-refractivity contribution in [2.45, 2.75) is 38.9 Å². The monoisotopic (exact) mass is 597 g/mol. The second-order valence-corrected chi connectivity index (χ2v) is 11.1. The third-order valence-electron chi connectivity index (χ3n) is 5.38. The third-order valence-corrected chi connectivity index (χ3v) is 7.59. The number of carbonyl (C=O) groups is 2. The summed E-state index contributed by atoms with van der Waals surface area (Å²) in [5.74, 6) is 0.369. The molecule has 1 aromatic heterocycles. The van der Waals surface area contributed by atoms with E-state index in [0.29, 0.717) is 26.6 Å². The van der Waals surface area contributed by atoms with Gasteiger partial charge < -0.3 is 15.2 Å². The Labute approximate surface area is 227 Å². The Morgan fingerprint density at radius 2 is 1.74 bits per heavy atom. The van der Waals surface area contributed by atoms with E-state index in [1.54, 1.807) is 16.7 Å². The fourth-order valence-electron chi connectivity index (χ4n) is 3.53. The quantitative estimate of drug-likeness (QED) is 0.295. The van der Waals surface area contributed by atoms with Gasteiger partial charge in [0.1, 0.15) is 0 Å². The van der Waals surface area contributed by atoms with E-state index in [4.69, 9.17) is 23.2 Å². The minimum atomic E-state index is -0.398. The third kappa shape index (κ3) is 6.78. The number of hydrogen-bond donors (Lipinski definition) is 2. The highest BCUT2D eigenvalue weighted by Gasteiger charge is 2.25. The molecule has 0 aliphatic heterocycles. The van der Waals surface area contributed by atoms with Crippen LogP contribution in [0.4, 0.5) is 5.69 Å². The smallest absolute Gasteiger partial charge is 0.251 e. The lowest BCUT2D eigenvalue weighted by Crippen LogP contribution is -2.33. The Hall–Kier alpha value is -2.07. The van der Waals surface area contributed by atoms with Crippen LogP contribution in [0.1, 0.15) is 47.2 Å². The van der Waals surface area contributed by atoms with Crippen LogP contribution in [0.15, 0.2) is 40.0 Å². The van der Waals surface area contributed by atoms with Gasteiger partial charge in [-0.25, -0.2) is 0 Å². The van der Waals surface area contributed by atoms with Crippen LogP contribution in [0.2, 0.25) is 10.0 Å². The molecule has 7 nitrogen and oxygen atoms in total. The van der Waals surface area contributed by atoms with Gasteiger partial charge in [0.25, 0.3) is 5.91 Å². The number of aromatic nitrogens is 3. The Morgan fingerprint density at radius 3 is 2.34 bits per heavy atom. The van der Waals surface area contributed by atoms with Gasteiger partial charge in [0, 0.05) is 22.8 Å². The lowest BCUT2D eigenvalue weighted by Gasteiger charge is -2.22. The second kappa shape index (κ2) is 11.8. The topological polar surface area (TPSA) is 88.9 Å². The van der Waals surface area contributed by atoms with Gasteiger partial charge in [-0.2, -0.15) is 0 Å². The van der Waals surface area contributed by atoms with E-state index in [1.807, 2.05) is 46.9 Å². The number of carbonyl (C=O) groups excluding carboxylic acids is 2. The molecule has 0 aliphatic carbocycles. The number of hydrogen-bond acceptors (Lipinski definition) is 5. The van der Waals surface area contributed by atoms with Gasteiger partial charge in [-0.15, -0.1) is 10.2 Å². The molecule has 2 aromatic carbocycles. The Kier molecular flexibility index (Phi) is 9.26. The number of amides is 2. The van der Waals surface area contributed by atoms with Gasteiger partial charge >= 0.3 is 0 Å². The van der Waals surface area contributed by atoms with E-state index in [9.17, 15) is 9.59 Å². The number of benzene rings is 2. The predicted octanol–water partition coefficient (Wildman–Crippen LogP) is 6.36. The normalized spacial score (nSPS) is 12.0. The highest BCUT2D eigenvalue weighted by atomic mass is 79.9. The average Bonchev–Trinajstić information content (AvgIpc) is 3.14. The Bertz CT molecular complexity index is 1240. The van der Waals surface area contributed by atoms with E-state index < -0.39 is 6.04 Å². The van der Waals surface area contributed by atoms with Crippen LogP contribution in [0, 0.1) is 19.8 Å². The van der Waals surface area contributed by atoms with Crippen LogP contribution in [0.3, 0.4) is 0 Å². The molecule has 0 saturated carbocycles. The molecule has 186 valence electrons. The van der Waals surface area contributed by atoms with Crippen LogP contribution in [-0.2, 0) is 11.8 Å². The lowest BCUT2D eigenvalue weighted by molar-refractivity contribution is -0.113. The summed E-state index contributed by atoms with van der Waals surface area (Å²) < 4.78 is 2.77. The molecule has 0 fully saturated rings. The maximum atomic E-state index is 12.8. The van der Waals surface area contributed by atoms with Gasteiger partial charge in [-0.05, 0) is 61.2 Å². The highest BCUT2D eigenvalue weighted by Crippen LogP contribution is 2.28. The standard InChI is InChI=1S/C24H26BrCl2N5O2S/c1-12(2)20(29-23(34)15-6-7-17(26)18(27)10-15)22-30-31-24(32(22)5)35-11-19(33)28-21-13(3)8-16(25)9-14(21)4/h6-10,12,20H,11H2,1-5H3,(H,28,33)(H,29,34)/t20-/m0/s1. The van der Waals surface area contributed by atoms with Crippen molar-refractivity contribution >= 4 is 68.4 Å². The van der Waals surface area contributed by atoms with Crippen LogP contribution in [-0.4, -0.2) is 32.3 Å². The first kappa shape index (κ1) is 27.5. The van der Waals surface area contributed by atoms with Gasteiger partial charge in [-0.3, -0.25) is 9.59 Å². The summed E-state index contributed by atoms with van der Waals surface area (Å²) in [6, 6.07) is 8.26. The summed E-state index contributed by atoms with van der Waals surface area (Å²) in [6.07, 6.45) is 0. The van der Waals surface area contributed by atoms with Crippen molar-refractivity contribution in [3.05, 3.63) is 67.4 Å². The predicted molar refractivity (Wildman–Crippen MR) is 145 cm³/mol. The number of nitrogens with one attached hydrogen (secondary N) is 2. The fourth-order valence-corrected chi connectivity index (χ4v) is 5.23. The van der Waals surface area contributed by atoms with Crippen molar-refractivity contribution in [2.24, 2.45) is 13.0 Å². The van der Waals surface area contributed by atoms with Crippen LogP contribution in [0.25, 0.3) is 0 Å². The molecule has 0 radical (unpaired) electrons. The zero-order chi connectivity index (χ0) is 25.9. The molecule has 0 bridgehead atoms. The molecule has 3 rings (SSSR count). The lowest BCUT2D eigenvalue weighted by atomic mass is 10.0. The van der Waals surface area contributed by atoms with E-state index in [-0.39, 0.29) is 23.5 Å². The highest BCUT2D eigenvalue weighted by molar-refractivity contribution is 9.10. The fraction of sp³-hybridized carbons (Fsp3) is 0.333.